The fraction of sp³-hybridized carbons (Fsp3) is 0.583. The molecule has 0 radical (unpaired) electrons. The Kier molecular flexibility index (Phi) is 4.16. The van der Waals surface area contributed by atoms with Gasteiger partial charge in [0.2, 0.25) is 0 Å². The molecule has 4 heteroatoms. The van der Waals surface area contributed by atoms with Gasteiger partial charge in [0.05, 0.1) is 15.2 Å². The van der Waals surface area contributed by atoms with Gasteiger partial charge in [-0.25, -0.2) is 0 Å². The van der Waals surface area contributed by atoms with Crippen LogP contribution in [0.3, 0.4) is 0 Å². The van der Waals surface area contributed by atoms with Crippen LogP contribution in [0.1, 0.15) is 35.9 Å². The maximum atomic E-state index is 12.0. The number of carbonyl (C=O) groups excluding carboxylic acids is 1. The van der Waals surface area contributed by atoms with Crippen LogP contribution in [0.25, 0.3) is 0 Å². The summed E-state index contributed by atoms with van der Waals surface area (Å²) >= 11 is 4.92. The lowest BCUT2D eigenvalue weighted by molar-refractivity contribution is 0.0924. The fourth-order valence-electron chi connectivity index (χ4n) is 2.29. The molecule has 0 bridgehead atoms. The lowest BCUT2D eigenvalue weighted by Gasteiger charge is -2.21. The molecule has 0 saturated carbocycles. The normalized spacial score (nSPS) is 21.5. The van der Waals surface area contributed by atoms with Gasteiger partial charge in [-0.1, -0.05) is 6.92 Å². The maximum absolute atomic E-state index is 12.0. The van der Waals surface area contributed by atoms with E-state index in [0.29, 0.717) is 12.6 Å². The van der Waals surface area contributed by atoms with Gasteiger partial charge in [0.15, 0.2) is 5.78 Å². The number of likely N-dealkylation sites (tertiary alicyclic amines) is 1. The summed E-state index contributed by atoms with van der Waals surface area (Å²) < 4.78 is 1.03. The molecule has 0 N–H and O–H groups in total. The first-order valence-corrected chi connectivity index (χ1v) is 7.34. The van der Waals surface area contributed by atoms with Crippen molar-refractivity contribution < 1.29 is 4.79 Å². The minimum Gasteiger partial charge on any atom is -0.293 e. The van der Waals surface area contributed by atoms with Crippen molar-refractivity contribution in [1.29, 1.82) is 0 Å². The molecule has 16 heavy (non-hydrogen) atoms. The summed E-state index contributed by atoms with van der Waals surface area (Å²) in [5.74, 6) is 0.260. The van der Waals surface area contributed by atoms with Gasteiger partial charge in [0.1, 0.15) is 0 Å². The number of hydrogen-bond acceptors (Lipinski definition) is 3. The van der Waals surface area contributed by atoms with E-state index in [0.717, 1.165) is 21.6 Å². The Balaban J connectivity index is 1.97. The largest absolute Gasteiger partial charge is 0.293 e. The van der Waals surface area contributed by atoms with Gasteiger partial charge < -0.3 is 0 Å². The molecular weight excluding hydrogens is 286 g/mol. The minimum absolute atomic E-state index is 0.260. The van der Waals surface area contributed by atoms with Gasteiger partial charge in [0.25, 0.3) is 0 Å². The van der Waals surface area contributed by atoms with Gasteiger partial charge in [-0.3, -0.25) is 9.69 Å². The van der Waals surface area contributed by atoms with Crippen molar-refractivity contribution in [3.05, 3.63) is 20.8 Å². The molecule has 2 rings (SSSR count). The highest BCUT2D eigenvalue weighted by atomic mass is 79.9. The molecule has 1 saturated heterocycles. The van der Waals surface area contributed by atoms with Gasteiger partial charge in [-0.05, 0) is 53.9 Å². The second kappa shape index (κ2) is 5.43. The van der Waals surface area contributed by atoms with Crippen LogP contribution in [0.15, 0.2) is 15.9 Å². The van der Waals surface area contributed by atoms with E-state index < -0.39 is 0 Å². The zero-order chi connectivity index (χ0) is 11.5. The molecule has 1 aliphatic heterocycles. The van der Waals surface area contributed by atoms with Gasteiger partial charge >= 0.3 is 0 Å². The molecular formula is C12H16BrNOS. The summed E-state index contributed by atoms with van der Waals surface area (Å²) in [6.07, 6.45) is 3.64. The van der Waals surface area contributed by atoms with E-state index in [1.807, 2.05) is 12.1 Å². The van der Waals surface area contributed by atoms with Crippen molar-refractivity contribution >= 4 is 33.0 Å². The molecule has 1 atom stereocenters. The second-order valence-electron chi connectivity index (χ2n) is 4.20. The SMILES string of the molecule is CCC1CCCN1CC(=O)c1ccc(Br)s1. The Hall–Kier alpha value is -0.190. The molecule has 0 amide bonds. The minimum atomic E-state index is 0.260. The van der Waals surface area contributed by atoms with Crippen LogP contribution >= 0.6 is 27.3 Å². The number of carbonyl (C=O) groups is 1. The van der Waals surface area contributed by atoms with Gasteiger partial charge in [-0.15, -0.1) is 11.3 Å². The van der Waals surface area contributed by atoms with E-state index in [2.05, 4.69) is 27.8 Å². The summed E-state index contributed by atoms with van der Waals surface area (Å²) in [5, 5.41) is 0. The molecule has 1 fully saturated rings. The fourth-order valence-corrected chi connectivity index (χ4v) is 3.61. The molecule has 0 spiro atoms. The third-order valence-corrected chi connectivity index (χ3v) is 4.83. The van der Waals surface area contributed by atoms with Crippen molar-refractivity contribution in [2.75, 3.05) is 13.1 Å². The highest BCUT2D eigenvalue weighted by molar-refractivity contribution is 9.11. The molecule has 1 unspecified atom stereocenters. The zero-order valence-electron chi connectivity index (χ0n) is 9.41. The molecule has 0 aliphatic carbocycles. The molecule has 88 valence electrons. The Bertz CT molecular complexity index is 377. The highest BCUT2D eigenvalue weighted by Crippen LogP contribution is 2.24. The number of Topliss-reactive ketones (excluding diaryl/α,β-unsaturated/α-hetero) is 1. The predicted octanol–water partition coefficient (Wildman–Crippen LogP) is 3.57. The lowest BCUT2D eigenvalue weighted by Crippen LogP contribution is -2.33. The van der Waals surface area contributed by atoms with E-state index in [4.69, 9.17) is 0 Å². The Labute approximate surface area is 109 Å². The van der Waals surface area contributed by atoms with E-state index >= 15 is 0 Å². The van der Waals surface area contributed by atoms with Crippen LogP contribution in [0.2, 0.25) is 0 Å². The highest BCUT2D eigenvalue weighted by Gasteiger charge is 2.25. The number of thiophene rings is 1. The van der Waals surface area contributed by atoms with Gasteiger partial charge in [0, 0.05) is 6.04 Å². The van der Waals surface area contributed by atoms with Crippen LogP contribution in [0, 0.1) is 0 Å². The van der Waals surface area contributed by atoms with Crippen LogP contribution in [-0.2, 0) is 0 Å². The van der Waals surface area contributed by atoms with Crippen LogP contribution in [0.4, 0.5) is 0 Å². The first-order valence-electron chi connectivity index (χ1n) is 5.73. The lowest BCUT2D eigenvalue weighted by atomic mass is 10.1. The summed E-state index contributed by atoms with van der Waals surface area (Å²) in [6, 6.07) is 4.47. The Morgan fingerprint density at radius 3 is 3.06 bits per heavy atom. The second-order valence-corrected chi connectivity index (χ2v) is 6.66. The molecule has 0 aromatic carbocycles. The van der Waals surface area contributed by atoms with Crippen LogP contribution < -0.4 is 0 Å². The van der Waals surface area contributed by atoms with Crippen molar-refractivity contribution in [1.82, 2.24) is 4.90 Å². The topological polar surface area (TPSA) is 20.3 Å². The van der Waals surface area contributed by atoms with Crippen LogP contribution in [0.5, 0.6) is 0 Å². The Morgan fingerprint density at radius 1 is 1.62 bits per heavy atom. The molecule has 1 aromatic rings. The molecule has 2 nitrogen and oxygen atoms in total. The smallest absolute Gasteiger partial charge is 0.186 e. The van der Waals surface area contributed by atoms with Gasteiger partial charge in [-0.2, -0.15) is 0 Å². The number of ketones is 1. The quantitative estimate of drug-likeness (QED) is 0.793. The molecule has 1 aliphatic rings. The van der Waals surface area contributed by atoms with Crippen LogP contribution in [-0.4, -0.2) is 29.8 Å². The summed E-state index contributed by atoms with van der Waals surface area (Å²) in [7, 11) is 0. The third-order valence-electron chi connectivity index (χ3n) is 3.17. The maximum Gasteiger partial charge on any atom is 0.186 e. The predicted molar refractivity (Wildman–Crippen MR) is 71.2 cm³/mol. The Morgan fingerprint density at radius 2 is 2.44 bits per heavy atom. The van der Waals surface area contributed by atoms with E-state index in [-0.39, 0.29) is 5.78 Å². The summed E-state index contributed by atoms with van der Waals surface area (Å²) in [6.45, 7) is 3.87. The van der Waals surface area contributed by atoms with Crippen molar-refractivity contribution in [3.8, 4) is 0 Å². The molecule has 2 heterocycles. The van der Waals surface area contributed by atoms with E-state index in [9.17, 15) is 4.79 Å². The molecule has 1 aromatic heterocycles. The first-order chi connectivity index (χ1) is 7.70. The van der Waals surface area contributed by atoms with E-state index in [1.165, 1.54) is 24.2 Å². The number of nitrogens with zero attached hydrogens (tertiary/aromatic N) is 1. The number of rotatable bonds is 4. The number of halogens is 1. The first kappa shape index (κ1) is 12.3. The third kappa shape index (κ3) is 2.73. The average Bonchev–Trinajstić information content (AvgIpc) is 2.86. The standard InChI is InChI=1S/C12H16BrNOS/c1-2-9-4-3-7-14(9)8-10(15)11-5-6-12(13)16-11/h5-6,9H,2-4,7-8H2,1H3. The summed E-state index contributed by atoms with van der Waals surface area (Å²) in [4.78, 5) is 15.2. The van der Waals surface area contributed by atoms with Crippen molar-refractivity contribution in [2.45, 2.75) is 32.2 Å². The average molecular weight is 302 g/mol. The van der Waals surface area contributed by atoms with Crippen molar-refractivity contribution in [2.24, 2.45) is 0 Å². The van der Waals surface area contributed by atoms with Crippen molar-refractivity contribution in [3.63, 3.8) is 0 Å². The zero-order valence-corrected chi connectivity index (χ0v) is 11.8. The summed E-state index contributed by atoms with van der Waals surface area (Å²) in [5.41, 5.74) is 0. The van der Waals surface area contributed by atoms with E-state index in [1.54, 1.807) is 0 Å². The monoisotopic (exact) mass is 301 g/mol. The number of hydrogen-bond donors (Lipinski definition) is 0.